The van der Waals surface area contributed by atoms with Crippen LogP contribution in [0.15, 0.2) is 54.7 Å². The van der Waals surface area contributed by atoms with Crippen LogP contribution in [-0.2, 0) is 6.42 Å². The normalized spacial score (nSPS) is 13.5. The number of halogens is 2. The van der Waals surface area contributed by atoms with Crippen molar-refractivity contribution in [1.82, 2.24) is 14.9 Å². The zero-order valence-electron chi connectivity index (χ0n) is 19.9. The first-order valence-electron chi connectivity index (χ1n) is 12.0. The number of anilines is 2. The van der Waals surface area contributed by atoms with Crippen LogP contribution in [-0.4, -0.2) is 45.4 Å². The third-order valence-electron chi connectivity index (χ3n) is 6.52. The van der Waals surface area contributed by atoms with E-state index in [1.54, 1.807) is 18.3 Å². The summed E-state index contributed by atoms with van der Waals surface area (Å²) in [6.45, 7) is 4.83. The summed E-state index contributed by atoms with van der Waals surface area (Å²) in [6, 6.07) is 14.2. The lowest BCUT2D eigenvalue weighted by Gasteiger charge is -2.16. The van der Waals surface area contributed by atoms with Crippen LogP contribution in [0.3, 0.4) is 0 Å². The largest absolute Gasteiger partial charge is 0.504 e. The minimum atomic E-state index is -0.834. The molecule has 0 atom stereocenters. The van der Waals surface area contributed by atoms with Crippen molar-refractivity contribution in [2.75, 3.05) is 25.0 Å². The van der Waals surface area contributed by atoms with Gasteiger partial charge in [-0.3, -0.25) is 9.78 Å². The first-order valence-corrected chi connectivity index (χ1v) is 12.3. The second-order valence-corrected chi connectivity index (χ2v) is 9.49. The Kier molecular flexibility index (Phi) is 8.05. The second-order valence-electron chi connectivity index (χ2n) is 9.08. The molecule has 2 aromatic heterocycles. The molecule has 1 saturated heterocycles. The van der Waals surface area contributed by atoms with E-state index in [-0.39, 0.29) is 18.2 Å². The number of hydrogen-bond donors (Lipinski definition) is 2. The van der Waals surface area contributed by atoms with Gasteiger partial charge in [-0.25, -0.2) is 9.37 Å². The van der Waals surface area contributed by atoms with Crippen molar-refractivity contribution in [3.8, 4) is 17.0 Å². The van der Waals surface area contributed by atoms with Crippen molar-refractivity contribution in [2.45, 2.75) is 33.6 Å². The number of nitrogens with one attached hydrogen (secondary N) is 1. The van der Waals surface area contributed by atoms with Gasteiger partial charge in [-0.05, 0) is 81.2 Å². The molecule has 0 aliphatic carbocycles. The lowest BCUT2D eigenvalue weighted by molar-refractivity contribution is 0.101. The summed E-state index contributed by atoms with van der Waals surface area (Å²) in [5.41, 5.74) is 4.90. The molecule has 37 heavy (non-hydrogen) atoms. The number of aromatic hydroxyl groups is 1. The van der Waals surface area contributed by atoms with Crippen LogP contribution >= 0.6 is 11.6 Å². The maximum absolute atomic E-state index is 14.1. The number of phenolic OH excluding ortho intramolecular Hbond substituents is 1. The molecule has 192 valence electrons. The van der Waals surface area contributed by atoms with Crippen molar-refractivity contribution in [2.24, 2.45) is 0 Å². The van der Waals surface area contributed by atoms with Crippen LogP contribution in [0, 0.1) is 5.82 Å². The average Bonchev–Trinajstić information content (AvgIpc) is 3.39. The van der Waals surface area contributed by atoms with Gasteiger partial charge in [0, 0.05) is 24.0 Å². The van der Waals surface area contributed by atoms with Gasteiger partial charge in [-0.2, -0.15) is 0 Å². The second kappa shape index (κ2) is 11.2. The Morgan fingerprint density at radius 1 is 1.16 bits per heavy atom. The molecular weight excluding hydrogens is 491 g/mol. The SMILES string of the molecule is C.CC(=O)c1cnc2ccc(-c3cc(F)c(O)c(Cl)c3)nc2c1Nc1cccc(CCN2CCCC2)c1. The van der Waals surface area contributed by atoms with E-state index >= 15 is 0 Å². The number of pyridine rings is 2. The van der Waals surface area contributed by atoms with Gasteiger partial charge in [0.2, 0.25) is 0 Å². The number of hydrogen-bond acceptors (Lipinski definition) is 6. The van der Waals surface area contributed by atoms with Gasteiger partial charge in [0.25, 0.3) is 0 Å². The van der Waals surface area contributed by atoms with Crippen molar-refractivity contribution in [3.05, 3.63) is 76.7 Å². The molecule has 6 nitrogen and oxygen atoms in total. The maximum Gasteiger partial charge on any atom is 0.170 e. The molecule has 8 heteroatoms. The quantitative estimate of drug-likeness (QED) is 0.255. The van der Waals surface area contributed by atoms with E-state index in [2.05, 4.69) is 27.3 Å². The molecule has 0 bridgehead atoms. The minimum Gasteiger partial charge on any atom is -0.504 e. The molecule has 5 rings (SSSR count). The Morgan fingerprint density at radius 2 is 1.95 bits per heavy atom. The number of carbonyl (C=O) groups excluding carboxylic acids is 1. The monoisotopic (exact) mass is 520 g/mol. The number of nitrogens with zero attached hydrogens (tertiary/aromatic N) is 3. The molecule has 1 aliphatic heterocycles. The maximum atomic E-state index is 14.1. The highest BCUT2D eigenvalue weighted by molar-refractivity contribution is 6.32. The highest BCUT2D eigenvalue weighted by Crippen LogP contribution is 2.34. The molecule has 1 fully saturated rings. The van der Waals surface area contributed by atoms with Crippen molar-refractivity contribution >= 4 is 39.8 Å². The predicted molar refractivity (Wildman–Crippen MR) is 147 cm³/mol. The minimum absolute atomic E-state index is 0. The third kappa shape index (κ3) is 5.73. The average molecular weight is 521 g/mol. The molecule has 3 heterocycles. The van der Waals surface area contributed by atoms with Crippen molar-refractivity contribution < 1.29 is 14.3 Å². The smallest absolute Gasteiger partial charge is 0.170 e. The summed E-state index contributed by atoms with van der Waals surface area (Å²) in [5.74, 6) is -1.59. The zero-order chi connectivity index (χ0) is 25.2. The number of carbonyl (C=O) groups is 1. The Balaban J connectivity index is 0.00000320. The number of aromatic nitrogens is 2. The highest BCUT2D eigenvalue weighted by atomic mass is 35.5. The number of benzene rings is 2. The van der Waals surface area contributed by atoms with Crippen molar-refractivity contribution in [3.63, 3.8) is 0 Å². The summed E-state index contributed by atoms with van der Waals surface area (Å²) in [5, 5.41) is 13.0. The van der Waals surface area contributed by atoms with Crippen LogP contribution in [0.25, 0.3) is 22.3 Å². The van der Waals surface area contributed by atoms with E-state index in [1.165, 1.54) is 37.5 Å². The summed E-state index contributed by atoms with van der Waals surface area (Å²) in [7, 11) is 0. The Hall–Kier alpha value is -3.55. The number of rotatable bonds is 7. The zero-order valence-corrected chi connectivity index (χ0v) is 20.6. The fourth-order valence-electron chi connectivity index (χ4n) is 4.58. The standard InChI is InChI=1S/C28H26ClFN4O2.CH4/c1-17(35)21-16-31-25-8-7-24(19-14-22(29)28(36)23(30)15-19)33-27(25)26(21)32-20-6-4-5-18(13-20)9-12-34-10-2-3-11-34;/h4-8,13-16,36H,2-3,9-12H2,1H3,(H,31,32);1H4. The molecule has 2 aromatic carbocycles. The molecule has 1 aliphatic rings. The number of ketones is 1. The number of phenols is 1. The topological polar surface area (TPSA) is 78.3 Å². The van der Waals surface area contributed by atoms with Gasteiger partial charge < -0.3 is 15.3 Å². The lowest BCUT2D eigenvalue weighted by atomic mass is 10.1. The van der Waals surface area contributed by atoms with E-state index in [9.17, 15) is 14.3 Å². The predicted octanol–water partition coefficient (Wildman–Crippen LogP) is 7.02. The lowest BCUT2D eigenvalue weighted by Crippen LogP contribution is -2.21. The van der Waals surface area contributed by atoms with Crippen LogP contribution < -0.4 is 5.32 Å². The van der Waals surface area contributed by atoms with Gasteiger partial charge in [0.1, 0.15) is 5.52 Å². The van der Waals surface area contributed by atoms with Crippen LogP contribution in [0.5, 0.6) is 5.75 Å². The number of likely N-dealkylation sites (tertiary alicyclic amines) is 1. The van der Waals surface area contributed by atoms with Gasteiger partial charge in [-0.15, -0.1) is 0 Å². The fraction of sp³-hybridized carbons (Fsp3) is 0.276. The summed E-state index contributed by atoms with van der Waals surface area (Å²) >= 11 is 5.98. The molecular formula is C29H30ClFN4O2. The summed E-state index contributed by atoms with van der Waals surface area (Å²) in [4.78, 5) is 24.1. The van der Waals surface area contributed by atoms with E-state index in [0.29, 0.717) is 33.5 Å². The van der Waals surface area contributed by atoms with E-state index < -0.39 is 11.6 Å². The van der Waals surface area contributed by atoms with E-state index in [0.717, 1.165) is 31.7 Å². The molecule has 2 N–H and O–H groups in total. The molecule has 0 unspecified atom stereocenters. The van der Waals surface area contributed by atoms with Crippen LogP contribution in [0.4, 0.5) is 15.8 Å². The summed E-state index contributed by atoms with van der Waals surface area (Å²) < 4.78 is 14.1. The number of Topliss-reactive ketones (excluding diaryl/α,β-unsaturated/α-hetero) is 1. The van der Waals surface area contributed by atoms with Gasteiger partial charge in [0.15, 0.2) is 17.3 Å². The molecule has 0 amide bonds. The van der Waals surface area contributed by atoms with Crippen molar-refractivity contribution in [1.29, 1.82) is 0 Å². The molecule has 0 radical (unpaired) electrons. The Morgan fingerprint density at radius 3 is 2.68 bits per heavy atom. The summed E-state index contributed by atoms with van der Waals surface area (Å²) in [6.07, 6.45) is 5.02. The van der Waals surface area contributed by atoms with Gasteiger partial charge in [-0.1, -0.05) is 31.2 Å². The Labute approximate surface area is 221 Å². The van der Waals surface area contributed by atoms with Gasteiger partial charge in [0.05, 0.1) is 27.5 Å². The van der Waals surface area contributed by atoms with Crippen LogP contribution in [0.2, 0.25) is 5.02 Å². The first-order chi connectivity index (χ1) is 17.4. The van der Waals surface area contributed by atoms with E-state index in [1.807, 2.05) is 12.1 Å². The number of fused-ring (bicyclic) bond motifs is 1. The highest BCUT2D eigenvalue weighted by Gasteiger charge is 2.17. The fourth-order valence-corrected chi connectivity index (χ4v) is 4.78. The molecule has 0 spiro atoms. The molecule has 4 aromatic rings. The third-order valence-corrected chi connectivity index (χ3v) is 6.80. The Bertz CT molecular complexity index is 1430. The molecule has 0 saturated carbocycles. The first kappa shape index (κ1) is 26.5. The van der Waals surface area contributed by atoms with Gasteiger partial charge >= 0.3 is 0 Å². The van der Waals surface area contributed by atoms with E-state index in [4.69, 9.17) is 16.6 Å². The van der Waals surface area contributed by atoms with Crippen LogP contribution in [0.1, 0.15) is 43.1 Å².